The number of pyridine rings is 1. The van der Waals surface area contributed by atoms with E-state index in [4.69, 9.17) is 19.2 Å². The van der Waals surface area contributed by atoms with Gasteiger partial charge in [-0.3, -0.25) is 0 Å². The first-order valence-electron chi connectivity index (χ1n) is 10.8. The van der Waals surface area contributed by atoms with Crippen molar-refractivity contribution in [1.29, 1.82) is 0 Å². The van der Waals surface area contributed by atoms with E-state index in [1.807, 2.05) is 68.4 Å². The van der Waals surface area contributed by atoms with E-state index in [9.17, 15) is 9.90 Å². The Hall–Kier alpha value is -4.00. The van der Waals surface area contributed by atoms with Gasteiger partial charge in [0.15, 0.2) is 11.5 Å². The van der Waals surface area contributed by atoms with Crippen LogP contribution in [0.4, 0.5) is 5.82 Å². The third-order valence-electron chi connectivity index (χ3n) is 5.81. The molecule has 3 aromatic rings. The lowest BCUT2D eigenvalue weighted by Gasteiger charge is -2.16. The highest BCUT2D eigenvalue weighted by atomic mass is 16.7. The quantitative estimate of drug-likeness (QED) is 0.571. The number of carbonyl (C=O) groups is 1. The number of rotatable bonds is 6. The number of aromatic nitrogens is 1. The van der Waals surface area contributed by atoms with Gasteiger partial charge in [-0.1, -0.05) is 24.3 Å². The fraction of sp³-hybridized carbons (Fsp3) is 0.231. The number of hydrogen-bond acceptors (Lipinski definition) is 6. The molecule has 2 heterocycles. The second kappa shape index (κ2) is 8.16. The molecular weight excluding hydrogens is 420 g/mol. The summed E-state index contributed by atoms with van der Waals surface area (Å²) in [5, 5.41) is 13.7. The van der Waals surface area contributed by atoms with Crippen molar-refractivity contribution in [2.45, 2.75) is 25.8 Å². The minimum Gasteiger partial charge on any atom is -0.497 e. The van der Waals surface area contributed by atoms with Crippen molar-refractivity contribution in [3.05, 3.63) is 82.6 Å². The van der Waals surface area contributed by atoms with Gasteiger partial charge >= 0.3 is 5.97 Å². The molecule has 0 bridgehead atoms. The van der Waals surface area contributed by atoms with Crippen molar-refractivity contribution < 1.29 is 24.1 Å². The highest BCUT2D eigenvalue weighted by Gasteiger charge is 2.39. The van der Waals surface area contributed by atoms with Crippen molar-refractivity contribution in [2.24, 2.45) is 0 Å². The predicted octanol–water partition coefficient (Wildman–Crippen LogP) is 4.67. The summed E-state index contributed by atoms with van der Waals surface area (Å²) < 4.78 is 16.3. The van der Waals surface area contributed by atoms with Gasteiger partial charge in [-0.2, -0.15) is 0 Å². The summed E-state index contributed by atoms with van der Waals surface area (Å²) in [5.74, 6) is 1.19. The average molecular weight is 444 g/mol. The summed E-state index contributed by atoms with van der Waals surface area (Å²) in [4.78, 5) is 17.5. The topological polar surface area (TPSA) is 89.9 Å². The highest BCUT2D eigenvalue weighted by molar-refractivity contribution is 6.06. The van der Waals surface area contributed by atoms with E-state index in [1.54, 1.807) is 7.11 Å². The molecule has 7 heteroatoms. The van der Waals surface area contributed by atoms with Gasteiger partial charge in [0.2, 0.25) is 6.79 Å². The number of carboxylic acid groups (broad SMARTS) is 1. The molecule has 1 aliphatic heterocycles. The Morgan fingerprint density at radius 1 is 1.09 bits per heavy atom. The van der Waals surface area contributed by atoms with Crippen LogP contribution < -0.4 is 19.5 Å². The van der Waals surface area contributed by atoms with Crippen molar-refractivity contribution in [3.8, 4) is 17.2 Å². The van der Waals surface area contributed by atoms with E-state index >= 15 is 0 Å². The normalized spacial score (nSPS) is 16.2. The lowest BCUT2D eigenvalue weighted by molar-refractivity contribution is -0.132. The summed E-state index contributed by atoms with van der Waals surface area (Å²) in [6.07, 6.45) is 0. The van der Waals surface area contributed by atoms with Crippen LogP contribution in [-0.4, -0.2) is 36.0 Å². The molecule has 168 valence electrons. The maximum absolute atomic E-state index is 12.7. The van der Waals surface area contributed by atoms with Crippen LogP contribution in [0, 0.1) is 0 Å². The molecule has 2 aromatic carbocycles. The van der Waals surface area contributed by atoms with Crippen molar-refractivity contribution in [2.75, 3.05) is 19.2 Å². The number of aliphatic carboxylic acids is 1. The molecule has 7 nitrogen and oxygen atoms in total. The largest absolute Gasteiger partial charge is 0.497 e. The summed E-state index contributed by atoms with van der Waals surface area (Å²) >= 11 is 0. The van der Waals surface area contributed by atoms with E-state index in [0.717, 1.165) is 16.7 Å². The molecule has 0 amide bonds. The lowest BCUT2D eigenvalue weighted by Crippen LogP contribution is -2.12. The summed E-state index contributed by atoms with van der Waals surface area (Å²) in [7, 11) is 1.60. The molecular formula is C26H24N2O5. The molecule has 1 aliphatic carbocycles. The molecule has 0 saturated carbocycles. The first kappa shape index (κ1) is 20.9. The van der Waals surface area contributed by atoms with Gasteiger partial charge in [-0.15, -0.1) is 0 Å². The number of carboxylic acids is 1. The zero-order valence-electron chi connectivity index (χ0n) is 18.6. The number of nitrogens with one attached hydrogen (secondary N) is 1. The number of anilines is 1. The molecule has 33 heavy (non-hydrogen) atoms. The number of ether oxygens (including phenoxy) is 3. The van der Waals surface area contributed by atoms with Crippen LogP contribution in [0.25, 0.3) is 5.57 Å². The van der Waals surface area contributed by atoms with Gasteiger partial charge < -0.3 is 24.6 Å². The van der Waals surface area contributed by atoms with Crippen LogP contribution >= 0.6 is 0 Å². The maximum Gasteiger partial charge on any atom is 0.333 e. The highest BCUT2D eigenvalue weighted by Crippen LogP contribution is 2.49. The maximum atomic E-state index is 12.7. The zero-order valence-corrected chi connectivity index (χ0v) is 18.6. The Labute approximate surface area is 191 Å². The number of methoxy groups -OCH3 is 1. The van der Waals surface area contributed by atoms with Crippen LogP contribution in [0.3, 0.4) is 0 Å². The lowest BCUT2D eigenvalue weighted by atomic mass is 9.88. The van der Waals surface area contributed by atoms with Crippen LogP contribution in [0.5, 0.6) is 17.2 Å². The van der Waals surface area contributed by atoms with E-state index in [1.165, 1.54) is 0 Å². The number of hydrogen-bond donors (Lipinski definition) is 2. The second-order valence-electron chi connectivity index (χ2n) is 8.30. The number of benzene rings is 2. The Morgan fingerprint density at radius 2 is 1.85 bits per heavy atom. The summed E-state index contributed by atoms with van der Waals surface area (Å²) in [6.45, 7) is 4.23. The van der Waals surface area contributed by atoms with Crippen LogP contribution in [0.2, 0.25) is 0 Å². The standard InChI is InChI=1S/C26H24N2O5/c1-14(2)27-21-11-9-18-22(16-6-10-19-20(12-16)33-13-32-19)24(26(29)30)23(25(18)28-21)15-4-7-17(31-3)8-5-15/h4-12,14,22H,13H2,1-3H3,(H,27,28)(H,29,30)/t22-/m0/s1. The Kier molecular flexibility index (Phi) is 5.17. The van der Waals surface area contributed by atoms with Gasteiger partial charge in [0.1, 0.15) is 11.6 Å². The van der Waals surface area contributed by atoms with Crippen molar-refractivity contribution in [3.63, 3.8) is 0 Å². The third kappa shape index (κ3) is 3.65. The third-order valence-corrected chi connectivity index (χ3v) is 5.81. The Morgan fingerprint density at radius 3 is 2.55 bits per heavy atom. The van der Waals surface area contributed by atoms with Crippen molar-refractivity contribution in [1.82, 2.24) is 4.98 Å². The second-order valence-corrected chi connectivity index (χ2v) is 8.30. The monoisotopic (exact) mass is 444 g/mol. The average Bonchev–Trinajstić information content (AvgIpc) is 3.40. The first-order valence-corrected chi connectivity index (χ1v) is 10.8. The predicted molar refractivity (Wildman–Crippen MR) is 124 cm³/mol. The molecule has 0 fully saturated rings. The molecule has 2 N–H and O–H groups in total. The van der Waals surface area contributed by atoms with Crippen LogP contribution in [0.1, 0.15) is 42.1 Å². The Balaban J connectivity index is 1.73. The smallest absolute Gasteiger partial charge is 0.333 e. The van der Waals surface area contributed by atoms with Gasteiger partial charge in [0.05, 0.1) is 18.4 Å². The molecule has 5 rings (SSSR count). The minimum atomic E-state index is -0.986. The minimum absolute atomic E-state index is 0.157. The van der Waals surface area contributed by atoms with Crippen LogP contribution in [-0.2, 0) is 4.79 Å². The number of nitrogens with zero attached hydrogens (tertiary/aromatic N) is 1. The summed E-state index contributed by atoms with van der Waals surface area (Å²) in [6, 6.07) is 17.0. The van der Waals surface area contributed by atoms with Crippen LogP contribution in [0.15, 0.2) is 60.2 Å². The first-order chi connectivity index (χ1) is 16.0. The van der Waals surface area contributed by atoms with E-state index in [2.05, 4.69) is 5.32 Å². The molecule has 0 radical (unpaired) electrons. The van der Waals surface area contributed by atoms with Gasteiger partial charge in [0, 0.05) is 17.5 Å². The van der Waals surface area contributed by atoms with Crippen molar-refractivity contribution >= 4 is 17.4 Å². The van der Waals surface area contributed by atoms with E-state index in [-0.39, 0.29) is 18.4 Å². The molecule has 0 spiro atoms. The van der Waals surface area contributed by atoms with Gasteiger partial charge in [-0.25, -0.2) is 9.78 Å². The zero-order chi connectivity index (χ0) is 23.1. The van der Waals surface area contributed by atoms with E-state index in [0.29, 0.717) is 34.3 Å². The van der Waals surface area contributed by atoms with Gasteiger partial charge in [-0.05, 0) is 60.9 Å². The van der Waals surface area contributed by atoms with Gasteiger partial charge in [0.25, 0.3) is 0 Å². The number of fused-ring (bicyclic) bond motifs is 2. The molecule has 0 saturated heterocycles. The molecule has 1 aromatic heterocycles. The summed E-state index contributed by atoms with van der Waals surface area (Å²) in [5.41, 5.74) is 3.97. The fourth-order valence-corrected chi connectivity index (χ4v) is 4.43. The molecule has 0 unspecified atom stereocenters. The molecule has 1 atom stereocenters. The SMILES string of the molecule is COc1ccc(C2=C(C(=O)O)[C@@H](c3ccc4c(c3)OCO4)c3ccc(NC(C)C)nc32)cc1. The van der Waals surface area contributed by atoms with E-state index < -0.39 is 11.9 Å². The Bertz CT molecular complexity index is 1260. The molecule has 2 aliphatic rings. The fourth-order valence-electron chi connectivity index (χ4n) is 4.43.